The molecule has 1 unspecified atom stereocenters. The molecule has 1 saturated carbocycles. The van der Waals surface area contributed by atoms with Gasteiger partial charge in [-0.3, -0.25) is 0 Å². The molecule has 1 aliphatic carbocycles. The van der Waals surface area contributed by atoms with Crippen LogP contribution in [-0.4, -0.2) is 11.1 Å². The third-order valence-corrected chi connectivity index (χ3v) is 3.23. The van der Waals surface area contributed by atoms with Gasteiger partial charge in [0.2, 0.25) is 0 Å². The summed E-state index contributed by atoms with van der Waals surface area (Å²) >= 11 is 0. The van der Waals surface area contributed by atoms with E-state index >= 15 is 0 Å². The van der Waals surface area contributed by atoms with E-state index in [9.17, 15) is 5.11 Å². The van der Waals surface area contributed by atoms with Crippen molar-refractivity contribution in [1.29, 1.82) is 0 Å². The quantitative estimate of drug-likeness (QED) is 0.725. The number of phenolic OH excluding ortho intramolecular Hbond substituents is 1. The zero-order valence-corrected chi connectivity index (χ0v) is 9.46. The molecule has 0 heterocycles. The highest BCUT2D eigenvalue weighted by atomic mass is 16.3. The molecule has 2 N–H and O–H groups in total. The maximum absolute atomic E-state index is 9.64. The van der Waals surface area contributed by atoms with Crippen molar-refractivity contribution in [2.75, 3.05) is 5.32 Å². The smallest absolute Gasteiger partial charge is 0.138 e. The molecule has 0 spiro atoms. The van der Waals surface area contributed by atoms with Gasteiger partial charge >= 0.3 is 0 Å². The Morgan fingerprint density at radius 1 is 1.33 bits per heavy atom. The Bertz CT molecular complexity index is 346. The second kappa shape index (κ2) is 3.76. The third kappa shape index (κ3) is 2.44. The van der Waals surface area contributed by atoms with E-state index in [2.05, 4.69) is 19.2 Å². The molecule has 1 aliphatic rings. The summed E-state index contributed by atoms with van der Waals surface area (Å²) in [5.74, 6) is 0.349. The highest BCUT2D eigenvalue weighted by molar-refractivity contribution is 5.55. The van der Waals surface area contributed by atoms with E-state index in [4.69, 9.17) is 0 Å². The lowest BCUT2D eigenvalue weighted by Gasteiger charge is -2.19. The molecule has 2 nitrogen and oxygen atoms in total. The summed E-state index contributed by atoms with van der Waals surface area (Å²) in [6, 6.07) is 7.96. The fraction of sp³-hybridized carbons (Fsp3) is 0.538. The SMILES string of the molecule is CC1(C)CCC(Nc2ccccc2O)C1. The molecule has 2 rings (SSSR count). The molecule has 15 heavy (non-hydrogen) atoms. The van der Waals surface area contributed by atoms with Crippen LogP contribution in [0.5, 0.6) is 5.75 Å². The van der Waals surface area contributed by atoms with Crippen molar-refractivity contribution in [3.8, 4) is 5.75 Å². The van der Waals surface area contributed by atoms with Crippen LogP contribution in [0.25, 0.3) is 0 Å². The van der Waals surface area contributed by atoms with E-state index in [1.54, 1.807) is 6.07 Å². The molecule has 2 heteroatoms. The number of rotatable bonds is 2. The van der Waals surface area contributed by atoms with Gasteiger partial charge in [0.1, 0.15) is 5.75 Å². The summed E-state index contributed by atoms with van der Waals surface area (Å²) in [4.78, 5) is 0. The zero-order valence-electron chi connectivity index (χ0n) is 9.46. The second-order valence-corrected chi connectivity index (χ2v) is 5.27. The minimum Gasteiger partial charge on any atom is -0.506 e. The molecule has 0 bridgehead atoms. The second-order valence-electron chi connectivity index (χ2n) is 5.27. The van der Waals surface area contributed by atoms with Crippen molar-refractivity contribution in [3.63, 3.8) is 0 Å². The molecule has 0 amide bonds. The fourth-order valence-corrected chi connectivity index (χ4v) is 2.37. The number of anilines is 1. The Kier molecular flexibility index (Phi) is 2.59. The van der Waals surface area contributed by atoms with Crippen molar-refractivity contribution < 1.29 is 5.11 Å². The first-order chi connectivity index (χ1) is 7.07. The molecule has 1 aromatic rings. The van der Waals surface area contributed by atoms with Crippen LogP contribution in [-0.2, 0) is 0 Å². The van der Waals surface area contributed by atoms with E-state index in [1.807, 2.05) is 18.2 Å². The largest absolute Gasteiger partial charge is 0.506 e. The van der Waals surface area contributed by atoms with E-state index in [-0.39, 0.29) is 0 Å². The Morgan fingerprint density at radius 2 is 2.07 bits per heavy atom. The van der Waals surface area contributed by atoms with Crippen LogP contribution in [0.3, 0.4) is 0 Å². The van der Waals surface area contributed by atoms with Crippen LogP contribution in [0.15, 0.2) is 24.3 Å². The van der Waals surface area contributed by atoms with Gasteiger partial charge in [-0.2, -0.15) is 0 Å². The average molecular weight is 205 g/mol. The van der Waals surface area contributed by atoms with Gasteiger partial charge in [0.05, 0.1) is 5.69 Å². The summed E-state index contributed by atoms with van der Waals surface area (Å²) in [6.45, 7) is 4.61. The van der Waals surface area contributed by atoms with E-state index in [0.717, 1.165) is 5.69 Å². The standard InChI is InChI=1S/C13H19NO/c1-13(2)8-7-10(9-13)14-11-5-3-4-6-12(11)15/h3-6,10,14-15H,7-9H2,1-2H3. The van der Waals surface area contributed by atoms with Crippen LogP contribution < -0.4 is 5.32 Å². The molecule has 0 aromatic heterocycles. The summed E-state index contributed by atoms with van der Waals surface area (Å²) in [7, 11) is 0. The van der Waals surface area contributed by atoms with E-state index < -0.39 is 0 Å². The predicted molar refractivity (Wildman–Crippen MR) is 63.1 cm³/mol. The monoisotopic (exact) mass is 205 g/mol. The molecule has 0 radical (unpaired) electrons. The van der Waals surface area contributed by atoms with Gasteiger partial charge in [0.15, 0.2) is 0 Å². The Hall–Kier alpha value is -1.18. The third-order valence-electron chi connectivity index (χ3n) is 3.23. The van der Waals surface area contributed by atoms with Gasteiger partial charge in [-0.05, 0) is 36.8 Å². The van der Waals surface area contributed by atoms with E-state index in [0.29, 0.717) is 17.2 Å². The Morgan fingerprint density at radius 3 is 2.67 bits per heavy atom. The number of hydrogen-bond acceptors (Lipinski definition) is 2. The summed E-state index contributed by atoms with van der Waals surface area (Å²) in [5, 5.41) is 13.1. The number of hydrogen-bond donors (Lipinski definition) is 2. The molecular weight excluding hydrogens is 186 g/mol. The molecule has 1 fully saturated rings. The topological polar surface area (TPSA) is 32.3 Å². The highest BCUT2D eigenvalue weighted by Gasteiger charge is 2.30. The first-order valence-electron chi connectivity index (χ1n) is 5.61. The number of benzene rings is 1. The van der Waals surface area contributed by atoms with Gasteiger partial charge in [-0.1, -0.05) is 26.0 Å². The van der Waals surface area contributed by atoms with Crippen LogP contribution >= 0.6 is 0 Å². The van der Waals surface area contributed by atoms with Gasteiger partial charge in [-0.25, -0.2) is 0 Å². The molecule has 0 saturated heterocycles. The van der Waals surface area contributed by atoms with Crippen LogP contribution in [0.4, 0.5) is 5.69 Å². The number of para-hydroxylation sites is 2. The normalized spacial score (nSPS) is 24.0. The van der Waals surface area contributed by atoms with Crippen LogP contribution in [0, 0.1) is 5.41 Å². The fourth-order valence-electron chi connectivity index (χ4n) is 2.37. The number of aromatic hydroxyl groups is 1. The van der Waals surface area contributed by atoms with Gasteiger partial charge < -0.3 is 10.4 Å². The minimum absolute atomic E-state index is 0.349. The first kappa shape index (κ1) is 10.3. The lowest BCUT2D eigenvalue weighted by Crippen LogP contribution is -2.17. The average Bonchev–Trinajstić information content (AvgIpc) is 2.50. The number of phenols is 1. The Labute approximate surface area is 91.3 Å². The predicted octanol–water partition coefficient (Wildman–Crippen LogP) is 3.38. The number of nitrogens with one attached hydrogen (secondary N) is 1. The van der Waals surface area contributed by atoms with Crippen molar-refractivity contribution in [2.24, 2.45) is 5.41 Å². The minimum atomic E-state index is 0.349. The van der Waals surface area contributed by atoms with Crippen molar-refractivity contribution >= 4 is 5.69 Å². The van der Waals surface area contributed by atoms with Gasteiger partial charge in [-0.15, -0.1) is 0 Å². The molecular formula is C13H19NO. The molecule has 1 atom stereocenters. The lowest BCUT2D eigenvalue weighted by atomic mass is 9.92. The maximum Gasteiger partial charge on any atom is 0.138 e. The van der Waals surface area contributed by atoms with Gasteiger partial charge in [0.25, 0.3) is 0 Å². The van der Waals surface area contributed by atoms with Crippen molar-refractivity contribution in [2.45, 2.75) is 39.2 Å². The summed E-state index contributed by atoms with van der Waals surface area (Å²) in [5.41, 5.74) is 1.31. The summed E-state index contributed by atoms with van der Waals surface area (Å²) in [6.07, 6.45) is 3.64. The van der Waals surface area contributed by atoms with Crippen LogP contribution in [0.2, 0.25) is 0 Å². The molecule has 0 aliphatic heterocycles. The van der Waals surface area contributed by atoms with Crippen LogP contribution in [0.1, 0.15) is 33.1 Å². The molecule has 82 valence electrons. The maximum atomic E-state index is 9.64. The zero-order chi connectivity index (χ0) is 10.9. The van der Waals surface area contributed by atoms with E-state index in [1.165, 1.54) is 19.3 Å². The summed E-state index contributed by atoms with van der Waals surface area (Å²) < 4.78 is 0. The van der Waals surface area contributed by atoms with Crippen molar-refractivity contribution in [3.05, 3.63) is 24.3 Å². The Balaban J connectivity index is 2.02. The highest BCUT2D eigenvalue weighted by Crippen LogP contribution is 2.39. The first-order valence-corrected chi connectivity index (χ1v) is 5.61. The van der Waals surface area contributed by atoms with Gasteiger partial charge in [0, 0.05) is 6.04 Å². The van der Waals surface area contributed by atoms with Crippen molar-refractivity contribution in [1.82, 2.24) is 0 Å². The molecule has 1 aromatic carbocycles. The lowest BCUT2D eigenvalue weighted by molar-refractivity contribution is 0.378.